The summed E-state index contributed by atoms with van der Waals surface area (Å²) in [5, 5.41) is 10.00. The largest absolute Gasteiger partial charge is 0.490 e. The summed E-state index contributed by atoms with van der Waals surface area (Å²) in [7, 11) is 0. The van der Waals surface area contributed by atoms with Gasteiger partial charge in [-0.15, -0.1) is 0 Å². The lowest BCUT2D eigenvalue weighted by Crippen LogP contribution is -2.34. The van der Waals surface area contributed by atoms with Crippen LogP contribution in [0, 0.1) is 12.7 Å². The van der Waals surface area contributed by atoms with Gasteiger partial charge in [0.25, 0.3) is 0 Å². The molecule has 0 fully saturated rings. The van der Waals surface area contributed by atoms with Gasteiger partial charge in [0.15, 0.2) is 0 Å². The van der Waals surface area contributed by atoms with Gasteiger partial charge < -0.3 is 9.84 Å². The van der Waals surface area contributed by atoms with Crippen molar-refractivity contribution in [3.63, 3.8) is 0 Å². The molecular formula is C13H19FO2. The van der Waals surface area contributed by atoms with Crippen molar-refractivity contribution in [1.82, 2.24) is 0 Å². The molecule has 2 nitrogen and oxygen atoms in total. The predicted octanol–water partition coefficient (Wildman–Crippen LogP) is 3.06. The third kappa shape index (κ3) is 3.20. The average Bonchev–Trinajstić information content (AvgIpc) is 2.30. The van der Waals surface area contributed by atoms with E-state index in [0.29, 0.717) is 24.2 Å². The number of rotatable bonds is 5. The third-order valence-corrected chi connectivity index (χ3v) is 2.97. The number of aryl methyl sites for hydroxylation is 1. The molecule has 0 aliphatic heterocycles. The van der Waals surface area contributed by atoms with E-state index < -0.39 is 5.60 Å². The van der Waals surface area contributed by atoms with Crippen LogP contribution in [0.3, 0.4) is 0 Å². The van der Waals surface area contributed by atoms with Crippen molar-refractivity contribution in [3.8, 4) is 5.75 Å². The second-order valence-electron chi connectivity index (χ2n) is 4.13. The molecule has 0 atom stereocenters. The van der Waals surface area contributed by atoms with Crippen LogP contribution in [0.2, 0.25) is 0 Å². The minimum absolute atomic E-state index is 0.197. The normalized spacial score (nSPS) is 11.6. The highest BCUT2D eigenvalue weighted by molar-refractivity contribution is 5.28. The minimum Gasteiger partial charge on any atom is -0.490 e. The van der Waals surface area contributed by atoms with Gasteiger partial charge >= 0.3 is 0 Å². The second kappa shape index (κ2) is 5.30. The van der Waals surface area contributed by atoms with E-state index in [0.717, 1.165) is 0 Å². The van der Waals surface area contributed by atoms with Crippen molar-refractivity contribution < 1.29 is 14.2 Å². The molecule has 1 N–H and O–H groups in total. The summed E-state index contributed by atoms with van der Waals surface area (Å²) in [4.78, 5) is 0. The smallest absolute Gasteiger partial charge is 0.129 e. The topological polar surface area (TPSA) is 29.5 Å². The standard InChI is InChI=1S/C13H19FO2/c1-4-13(15,5-2)9-16-11-7-6-10(3)12(14)8-11/h6-8,15H,4-5,9H2,1-3H3. The van der Waals surface area contributed by atoms with Gasteiger partial charge in [-0.1, -0.05) is 19.9 Å². The Morgan fingerprint density at radius 2 is 1.94 bits per heavy atom. The van der Waals surface area contributed by atoms with Gasteiger partial charge in [-0.3, -0.25) is 0 Å². The van der Waals surface area contributed by atoms with Crippen LogP contribution in [0.25, 0.3) is 0 Å². The fraction of sp³-hybridized carbons (Fsp3) is 0.538. The van der Waals surface area contributed by atoms with Crippen molar-refractivity contribution in [2.45, 2.75) is 39.2 Å². The molecule has 0 aliphatic rings. The fourth-order valence-corrected chi connectivity index (χ4v) is 1.34. The van der Waals surface area contributed by atoms with E-state index in [1.165, 1.54) is 6.07 Å². The number of hydrogen-bond donors (Lipinski definition) is 1. The Morgan fingerprint density at radius 1 is 1.31 bits per heavy atom. The lowest BCUT2D eigenvalue weighted by Gasteiger charge is -2.25. The molecule has 1 rings (SSSR count). The summed E-state index contributed by atoms with van der Waals surface area (Å²) in [5.74, 6) is 0.178. The van der Waals surface area contributed by atoms with Crippen molar-refractivity contribution in [2.24, 2.45) is 0 Å². The first kappa shape index (κ1) is 13.0. The van der Waals surface area contributed by atoms with Gasteiger partial charge in [0.2, 0.25) is 0 Å². The Kier molecular flexibility index (Phi) is 4.30. The Balaban J connectivity index is 2.64. The van der Waals surface area contributed by atoms with Crippen LogP contribution in [-0.4, -0.2) is 17.3 Å². The highest BCUT2D eigenvalue weighted by atomic mass is 19.1. The number of ether oxygens (including phenoxy) is 1. The maximum absolute atomic E-state index is 13.2. The van der Waals surface area contributed by atoms with Crippen LogP contribution in [-0.2, 0) is 0 Å². The Bertz CT molecular complexity index is 346. The Hall–Kier alpha value is -1.09. The van der Waals surface area contributed by atoms with Crippen LogP contribution in [0.1, 0.15) is 32.3 Å². The number of benzene rings is 1. The molecule has 0 unspecified atom stereocenters. The molecule has 0 heterocycles. The van der Waals surface area contributed by atoms with E-state index in [1.54, 1.807) is 19.1 Å². The molecule has 0 saturated carbocycles. The van der Waals surface area contributed by atoms with E-state index in [4.69, 9.17) is 4.74 Å². The summed E-state index contributed by atoms with van der Waals surface area (Å²) in [6.07, 6.45) is 1.25. The van der Waals surface area contributed by atoms with Crippen LogP contribution in [0.4, 0.5) is 4.39 Å². The molecule has 0 saturated heterocycles. The quantitative estimate of drug-likeness (QED) is 0.836. The first-order valence-electron chi connectivity index (χ1n) is 5.62. The summed E-state index contributed by atoms with van der Waals surface area (Å²) in [6, 6.07) is 4.73. The van der Waals surface area contributed by atoms with Crippen LogP contribution in [0.15, 0.2) is 18.2 Å². The summed E-state index contributed by atoms with van der Waals surface area (Å²) in [6.45, 7) is 5.71. The molecule has 1 aromatic carbocycles. The lowest BCUT2D eigenvalue weighted by molar-refractivity contribution is -0.0114. The van der Waals surface area contributed by atoms with Crippen molar-refractivity contribution in [2.75, 3.05) is 6.61 Å². The van der Waals surface area contributed by atoms with E-state index in [2.05, 4.69) is 0 Å². The van der Waals surface area contributed by atoms with Gasteiger partial charge in [0.05, 0.1) is 5.60 Å². The number of halogens is 1. The zero-order valence-electron chi connectivity index (χ0n) is 10.1. The highest BCUT2D eigenvalue weighted by Crippen LogP contribution is 2.20. The van der Waals surface area contributed by atoms with E-state index in [-0.39, 0.29) is 12.4 Å². The van der Waals surface area contributed by atoms with Crippen LogP contribution >= 0.6 is 0 Å². The summed E-state index contributed by atoms with van der Waals surface area (Å²) < 4.78 is 18.6. The maximum Gasteiger partial charge on any atom is 0.129 e. The number of aliphatic hydroxyl groups is 1. The zero-order valence-corrected chi connectivity index (χ0v) is 10.1. The molecular weight excluding hydrogens is 207 g/mol. The van der Waals surface area contributed by atoms with Gasteiger partial charge in [0.1, 0.15) is 18.2 Å². The Labute approximate surface area is 96.1 Å². The predicted molar refractivity (Wildman–Crippen MR) is 62.2 cm³/mol. The molecule has 0 radical (unpaired) electrons. The van der Waals surface area contributed by atoms with Crippen molar-refractivity contribution in [1.29, 1.82) is 0 Å². The molecule has 3 heteroatoms. The molecule has 90 valence electrons. The molecule has 0 spiro atoms. The third-order valence-electron chi connectivity index (χ3n) is 2.97. The van der Waals surface area contributed by atoms with Gasteiger partial charge in [-0.2, -0.15) is 0 Å². The van der Waals surface area contributed by atoms with E-state index in [9.17, 15) is 9.50 Å². The molecule has 0 bridgehead atoms. The average molecular weight is 226 g/mol. The number of hydrogen-bond acceptors (Lipinski definition) is 2. The van der Waals surface area contributed by atoms with Crippen molar-refractivity contribution in [3.05, 3.63) is 29.6 Å². The summed E-state index contributed by atoms with van der Waals surface area (Å²) in [5.41, 5.74) is -0.227. The van der Waals surface area contributed by atoms with Gasteiger partial charge in [-0.05, 0) is 31.4 Å². The van der Waals surface area contributed by atoms with Crippen LogP contribution < -0.4 is 4.74 Å². The summed E-state index contributed by atoms with van der Waals surface area (Å²) >= 11 is 0. The molecule has 1 aromatic rings. The molecule has 16 heavy (non-hydrogen) atoms. The fourth-order valence-electron chi connectivity index (χ4n) is 1.34. The minimum atomic E-state index is -0.818. The zero-order chi connectivity index (χ0) is 12.2. The van der Waals surface area contributed by atoms with E-state index >= 15 is 0 Å². The van der Waals surface area contributed by atoms with Crippen molar-refractivity contribution >= 4 is 0 Å². The lowest BCUT2D eigenvalue weighted by atomic mass is 9.99. The maximum atomic E-state index is 13.2. The Morgan fingerprint density at radius 3 is 2.44 bits per heavy atom. The first-order valence-corrected chi connectivity index (χ1v) is 5.62. The molecule has 0 aromatic heterocycles. The first-order chi connectivity index (χ1) is 7.50. The second-order valence-corrected chi connectivity index (χ2v) is 4.13. The van der Waals surface area contributed by atoms with Gasteiger partial charge in [0, 0.05) is 6.07 Å². The van der Waals surface area contributed by atoms with E-state index in [1.807, 2.05) is 13.8 Å². The SMILES string of the molecule is CCC(O)(CC)COc1ccc(C)c(F)c1. The molecule has 0 aliphatic carbocycles. The molecule has 0 amide bonds. The van der Waals surface area contributed by atoms with Crippen LogP contribution in [0.5, 0.6) is 5.75 Å². The highest BCUT2D eigenvalue weighted by Gasteiger charge is 2.23. The monoisotopic (exact) mass is 226 g/mol. The van der Waals surface area contributed by atoms with Gasteiger partial charge in [-0.25, -0.2) is 4.39 Å².